The van der Waals surface area contributed by atoms with Crippen LogP contribution in [0.5, 0.6) is 0 Å². The average Bonchev–Trinajstić information content (AvgIpc) is 3.53. The number of benzene rings is 1. The lowest BCUT2D eigenvalue weighted by atomic mass is 9.64. The number of hydrogen-bond donors (Lipinski definition) is 0. The fourth-order valence-corrected chi connectivity index (χ4v) is 4.66. The Balaban J connectivity index is 1.17. The maximum absolute atomic E-state index is 12.9. The number of carbonyl (C=O) groups excluding carboxylic acids is 2. The minimum absolute atomic E-state index is 0.165. The zero-order valence-electron chi connectivity index (χ0n) is 18.9. The molecule has 0 atom stereocenters. The molecule has 10 heteroatoms. The number of carbonyl (C=O) groups is 2. The number of amides is 1. The number of piperazine rings is 1. The molecule has 0 spiro atoms. The van der Waals surface area contributed by atoms with Crippen molar-refractivity contribution >= 4 is 29.4 Å². The first kappa shape index (κ1) is 23.0. The predicted octanol–water partition coefficient (Wildman–Crippen LogP) is 3.77. The van der Waals surface area contributed by atoms with Gasteiger partial charge in [-0.1, -0.05) is 30.2 Å². The fourth-order valence-electron chi connectivity index (χ4n) is 4.53. The van der Waals surface area contributed by atoms with Crippen LogP contribution < -0.4 is 4.90 Å². The monoisotopic (exact) mass is 494 g/mol. The summed E-state index contributed by atoms with van der Waals surface area (Å²) >= 11 is 5.98. The van der Waals surface area contributed by atoms with E-state index in [2.05, 4.69) is 11.1 Å². The smallest absolute Gasteiger partial charge is 0.317 e. The number of halogens is 1. The summed E-state index contributed by atoms with van der Waals surface area (Å²) in [7, 11) is 0. The molecule has 2 aromatic heterocycles. The van der Waals surface area contributed by atoms with Gasteiger partial charge in [0, 0.05) is 31.2 Å². The summed E-state index contributed by atoms with van der Waals surface area (Å²) in [4.78, 5) is 33.4. The molecule has 1 aromatic carbocycles. The molecule has 35 heavy (non-hydrogen) atoms. The van der Waals surface area contributed by atoms with Gasteiger partial charge in [-0.25, -0.2) is 0 Å². The molecule has 0 radical (unpaired) electrons. The van der Waals surface area contributed by atoms with Crippen molar-refractivity contribution in [3.05, 3.63) is 58.9 Å². The molecule has 1 aliphatic heterocycles. The van der Waals surface area contributed by atoms with E-state index < -0.39 is 5.41 Å². The van der Waals surface area contributed by atoms with Gasteiger partial charge in [0.2, 0.25) is 11.6 Å². The number of aromatic nitrogens is 1. The molecular formula is C25H23ClN4O5. The van der Waals surface area contributed by atoms with Crippen LogP contribution in [0.4, 0.5) is 5.88 Å². The highest BCUT2D eigenvalue weighted by Crippen LogP contribution is 2.45. The number of anilines is 1. The van der Waals surface area contributed by atoms with E-state index in [4.69, 9.17) is 25.2 Å². The van der Waals surface area contributed by atoms with Gasteiger partial charge in [-0.3, -0.25) is 9.59 Å². The third-order valence-electron chi connectivity index (χ3n) is 6.69. The summed E-state index contributed by atoms with van der Waals surface area (Å²) < 4.78 is 16.6. The molecule has 2 aliphatic rings. The molecule has 3 aromatic rings. The Kier molecular flexibility index (Phi) is 6.22. The van der Waals surface area contributed by atoms with Gasteiger partial charge in [0.05, 0.1) is 11.7 Å². The van der Waals surface area contributed by atoms with Crippen LogP contribution in [0.3, 0.4) is 0 Å². The zero-order chi connectivity index (χ0) is 24.4. The van der Waals surface area contributed by atoms with Crippen LogP contribution in [0.15, 0.2) is 51.5 Å². The quantitative estimate of drug-likeness (QED) is 0.476. The largest absolute Gasteiger partial charge is 0.459 e. The van der Waals surface area contributed by atoms with Gasteiger partial charge < -0.3 is 23.4 Å². The SMILES string of the molecule is N#Cc1nc(-c2ccco2)oc1N1CCN(C(=O)COC(=O)C2(c3ccc(Cl)cc3)CCC2)CC1. The van der Waals surface area contributed by atoms with Gasteiger partial charge in [0.25, 0.3) is 11.8 Å². The van der Waals surface area contributed by atoms with Crippen LogP contribution in [0, 0.1) is 11.3 Å². The van der Waals surface area contributed by atoms with E-state index in [1.165, 1.54) is 6.26 Å². The lowest BCUT2D eigenvalue weighted by Crippen LogP contribution is -2.50. The Bertz CT molecular complexity index is 1250. The number of ether oxygens (including phenoxy) is 1. The van der Waals surface area contributed by atoms with Crippen LogP contribution >= 0.6 is 11.6 Å². The second-order valence-corrected chi connectivity index (χ2v) is 9.08. The van der Waals surface area contributed by atoms with Gasteiger partial charge in [0.15, 0.2) is 12.4 Å². The number of nitrogens with zero attached hydrogens (tertiary/aromatic N) is 4. The van der Waals surface area contributed by atoms with Crippen molar-refractivity contribution in [1.29, 1.82) is 5.26 Å². The highest BCUT2D eigenvalue weighted by Gasteiger charge is 2.47. The molecule has 2 fully saturated rings. The Morgan fingerprint density at radius 1 is 1.14 bits per heavy atom. The first-order valence-electron chi connectivity index (χ1n) is 11.4. The second kappa shape index (κ2) is 9.47. The highest BCUT2D eigenvalue weighted by atomic mass is 35.5. The van der Waals surface area contributed by atoms with E-state index in [1.54, 1.807) is 29.2 Å². The summed E-state index contributed by atoms with van der Waals surface area (Å²) in [5, 5.41) is 10.1. The van der Waals surface area contributed by atoms with E-state index in [0.29, 0.717) is 55.7 Å². The van der Waals surface area contributed by atoms with Crippen LogP contribution in [0.1, 0.15) is 30.5 Å². The molecule has 1 saturated heterocycles. The number of nitriles is 1. The van der Waals surface area contributed by atoms with Crippen LogP contribution in [-0.2, 0) is 19.7 Å². The maximum atomic E-state index is 12.9. The minimum atomic E-state index is -0.699. The van der Waals surface area contributed by atoms with Gasteiger partial charge in [-0.15, -0.1) is 0 Å². The molecule has 9 nitrogen and oxygen atoms in total. The molecule has 1 amide bonds. The van der Waals surface area contributed by atoms with E-state index in [0.717, 1.165) is 12.0 Å². The number of furan rings is 1. The third-order valence-corrected chi connectivity index (χ3v) is 6.94. The van der Waals surface area contributed by atoms with Gasteiger partial charge in [0.1, 0.15) is 6.07 Å². The number of oxazole rings is 1. The van der Waals surface area contributed by atoms with E-state index in [1.807, 2.05) is 17.0 Å². The fraction of sp³-hybridized carbons (Fsp3) is 0.360. The maximum Gasteiger partial charge on any atom is 0.317 e. The molecule has 180 valence electrons. The highest BCUT2D eigenvalue weighted by molar-refractivity contribution is 6.30. The van der Waals surface area contributed by atoms with E-state index >= 15 is 0 Å². The summed E-state index contributed by atoms with van der Waals surface area (Å²) in [5.41, 5.74) is 0.335. The van der Waals surface area contributed by atoms with Gasteiger partial charge in [-0.05, 0) is 42.7 Å². The van der Waals surface area contributed by atoms with Crippen molar-refractivity contribution in [1.82, 2.24) is 9.88 Å². The van der Waals surface area contributed by atoms with Crippen molar-refractivity contribution in [2.45, 2.75) is 24.7 Å². The zero-order valence-corrected chi connectivity index (χ0v) is 19.7. The van der Waals surface area contributed by atoms with Crippen molar-refractivity contribution in [2.75, 3.05) is 37.7 Å². The first-order chi connectivity index (χ1) is 17.0. The van der Waals surface area contributed by atoms with Crippen LogP contribution in [-0.4, -0.2) is 54.5 Å². The Morgan fingerprint density at radius 2 is 1.89 bits per heavy atom. The Labute approximate surface area is 206 Å². The predicted molar refractivity (Wildman–Crippen MR) is 126 cm³/mol. The van der Waals surface area contributed by atoms with Crippen molar-refractivity contribution in [3.8, 4) is 17.7 Å². The molecule has 0 N–H and O–H groups in total. The molecule has 5 rings (SSSR count). The van der Waals surface area contributed by atoms with E-state index in [9.17, 15) is 14.9 Å². The van der Waals surface area contributed by atoms with Crippen molar-refractivity contribution in [2.24, 2.45) is 0 Å². The van der Waals surface area contributed by atoms with E-state index in [-0.39, 0.29) is 30.1 Å². The standard InChI is InChI=1S/C25H23ClN4O5/c26-18-6-4-17(5-7-18)25(8-2-9-25)24(32)34-16-21(31)29-10-12-30(13-11-29)23-19(15-27)28-22(35-23)20-3-1-14-33-20/h1,3-7,14H,2,8-13,16H2. The lowest BCUT2D eigenvalue weighted by Gasteiger charge is -2.40. The molecule has 0 unspecified atom stereocenters. The molecule has 1 saturated carbocycles. The average molecular weight is 495 g/mol. The van der Waals surface area contributed by atoms with Crippen LogP contribution in [0.25, 0.3) is 11.7 Å². The normalized spacial score (nSPS) is 16.9. The number of esters is 1. The number of rotatable bonds is 6. The molecule has 1 aliphatic carbocycles. The summed E-state index contributed by atoms with van der Waals surface area (Å²) in [6.45, 7) is 1.41. The van der Waals surface area contributed by atoms with Gasteiger partial charge in [-0.2, -0.15) is 10.2 Å². The van der Waals surface area contributed by atoms with Crippen molar-refractivity contribution in [3.63, 3.8) is 0 Å². The minimum Gasteiger partial charge on any atom is -0.459 e. The third kappa shape index (κ3) is 4.37. The number of hydrogen-bond acceptors (Lipinski definition) is 8. The molecular weight excluding hydrogens is 472 g/mol. The lowest BCUT2D eigenvalue weighted by molar-refractivity contribution is -0.160. The molecule has 0 bridgehead atoms. The summed E-state index contributed by atoms with van der Waals surface area (Å²) in [6, 6.07) is 12.7. The van der Waals surface area contributed by atoms with Gasteiger partial charge >= 0.3 is 5.97 Å². The van der Waals surface area contributed by atoms with Crippen LogP contribution in [0.2, 0.25) is 5.02 Å². The summed E-state index contributed by atoms with van der Waals surface area (Å²) in [5.74, 6) is 0.401. The van der Waals surface area contributed by atoms with Crippen molar-refractivity contribution < 1.29 is 23.2 Å². The molecule has 3 heterocycles. The first-order valence-corrected chi connectivity index (χ1v) is 11.8. The Morgan fingerprint density at radius 3 is 2.49 bits per heavy atom. The summed E-state index contributed by atoms with van der Waals surface area (Å²) in [6.07, 6.45) is 3.82. The second-order valence-electron chi connectivity index (χ2n) is 8.65. The Hall–Kier alpha value is -3.77. The topological polar surface area (TPSA) is 113 Å².